The number of aliphatic carboxylic acids is 1. The monoisotopic (exact) mass is 511 g/mol. The van der Waals surface area contributed by atoms with Crippen LogP contribution in [0.2, 0.25) is 0 Å². The lowest BCUT2D eigenvalue weighted by molar-refractivity contribution is -0.146. The molecular formula is C22H41NO12. The molecule has 13 nitrogen and oxygen atoms in total. The SMILES string of the molecule is COC(=O)COCCOCCOCCOCCOCCOCCOCCCNC(=O)CCC(=O)O. The predicted octanol–water partition coefficient (Wildman–Crippen LogP) is -0.353. The number of carbonyl (C=O) groups excluding carboxylic acids is 2. The molecule has 0 fully saturated rings. The minimum atomic E-state index is -0.985. The summed E-state index contributed by atoms with van der Waals surface area (Å²) >= 11 is 0. The van der Waals surface area contributed by atoms with E-state index >= 15 is 0 Å². The molecule has 1 amide bonds. The Morgan fingerprint density at radius 2 is 1.00 bits per heavy atom. The van der Waals surface area contributed by atoms with Gasteiger partial charge in [-0.1, -0.05) is 0 Å². The molecular weight excluding hydrogens is 470 g/mol. The van der Waals surface area contributed by atoms with Crippen LogP contribution in [0.4, 0.5) is 0 Å². The Morgan fingerprint density at radius 3 is 1.40 bits per heavy atom. The van der Waals surface area contributed by atoms with Crippen LogP contribution in [0.1, 0.15) is 19.3 Å². The summed E-state index contributed by atoms with van der Waals surface area (Å²) in [5, 5.41) is 11.1. The third kappa shape index (κ3) is 28.3. The lowest BCUT2D eigenvalue weighted by Gasteiger charge is -2.08. The van der Waals surface area contributed by atoms with E-state index in [1.807, 2.05) is 0 Å². The van der Waals surface area contributed by atoms with Gasteiger partial charge in [-0.3, -0.25) is 9.59 Å². The Hall–Kier alpha value is -1.87. The normalized spacial score (nSPS) is 10.9. The van der Waals surface area contributed by atoms with Crippen molar-refractivity contribution in [2.24, 2.45) is 0 Å². The molecule has 0 aromatic rings. The third-order valence-corrected chi connectivity index (χ3v) is 4.03. The first kappa shape index (κ1) is 33.1. The summed E-state index contributed by atoms with van der Waals surface area (Å²) in [6, 6.07) is 0. The van der Waals surface area contributed by atoms with Gasteiger partial charge in [0.1, 0.15) is 6.61 Å². The molecule has 0 aliphatic carbocycles. The number of carboxylic acids is 1. The van der Waals surface area contributed by atoms with Crippen molar-refractivity contribution < 1.29 is 57.4 Å². The number of rotatable bonds is 27. The Bertz CT molecular complexity index is 521. The number of amides is 1. The molecule has 0 aromatic heterocycles. The zero-order valence-corrected chi connectivity index (χ0v) is 20.7. The van der Waals surface area contributed by atoms with Gasteiger partial charge in [-0.05, 0) is 6.42 Å². The van der Waals surface area contributed by atoms with Gasteiger partial charge in [-0.15, -0.1) is 0 Å². The summed E-state index contributed by atoms with van der Waals surface area (Å²) in [4.78, 5) is 32.5. The first-order valence-corrected chi connectivity index (χ1v) is 11.7. The molecule has 0 aliphatic heterocycles. The van der Waals surface area contributed by atoms with E-state index in [4.69, 9.17) is 38.3 Å². The van der Waals surface area contributed by atoms with Crippen molar-refractivity contribution >= 4 is 17.8 Å². The highest BCUT2D eigenvalue weighted by Gasteiger charge is 2.04. The minimum absolute atomic E-state index is 0.0111. The molecule has 0 unspecified atom stereocenters. The lowest BCUT2D eigenvalue weighted by atomic mass is 10.3. The summed E-state index contributed by atoms with van der Waals surface area (Å²) in [6.45, 7) is 6.11. The first-order valence-electron chi connectivity index (χ1n) is 11.7. The second-order valence-corrected chi connectivity index (χ2v) is 6.90. The Labute approximate surface area is 206 Å². The maximum Gasteiger partial charge on any atom is 0.331 e. The molecule has 0 spiro atoms. The largest absolute Gasteiger partial charge is 0.481 e. The van der Waals surface area contributed by atoms with Crippen LogP contribution in [0.25, 0.3) is 0 Å². The van der Waals surface area contributed by atoms with E-state index in [0.29, 0.717) is 98.9 Å². The van der Waals surface area contributed by atoms with Gasteiger partial charge in [-0.2, -0.15) is 0 Å². The number of hydrogen-bond donors (Lipinski definition) is 2. The quantitative estimate of drug-likeness (QED) is 0.109. The number of carbonyl (C=O) groups is 3. The maximum atomic E-state index is 11.3. The zero-order chi connectivity index (χ0) is 25.8. The number of esters is 1. The second kappa shape index (κ2) is 26.7. The number of hydrogen-bond acceptors (Lipinski definition) is 11. The molecule has 35 heavy (non-hydrogen) atoms. The van der Waals surface area contributed by atoms with Gasteiger partial charge in [0.25, 0.3) is 0 Å². The van der Waals surface area contributed by atoms with Gasteiger partial charge in [0.2, 0.25) is 5.91 Å². The van der Waals surface area contributed by atoms with Crippen molar-refractivity contribution in [2.45, 2.75) is 19.3 Å². The highest BCUT2D eigenvalue weighted by atomic mass is 16.6. The van der Waals surface area contributed by atoms with Crippen molar-refractivity contribution in [1.82, 2.24) is 5.32 Å². The van der Waals surface area contributed by atoms with Gasteiger partial charge < -0.3 is 48.3 Å². The van der Waals surface area contributed by atoms with Gasteiger partial charge >= 0.3 is 11.9 Å². The molecule has 0 atom stereocenters. The first-order chi connectivity index (χ1) is 17.1. The molecule has 0 aliphatic rings. The van der Waals surface area contributed by atoms with Crippen LogP contribution in [-0.4, -0.2) is 129 Å². The van der Waals surface area contributed by atoms with Gasteiger partial charge in [0, 0.05) is 19.6 Å². The van der Waals surface area contributed by atoms with Crippen LogP contribution in [0.15, 0.2) is 0 Å². The van der Waals surface area contributed by atoms with E-state index in [1.165, 1.54) is 7.11 Å². The minimum Gasteiger partial charge on any atom is -0.481 e. The van der Waals surface area contributed by atoms with Crippen molar-refractivity contribution in [3.63, 3.8) is 0 Å². The average Bonchev–Trinajstić information content (AvgIpc) is 2.85. The van der Waals surface area contributed by atoms with Crippen molar-refractivity contribution in [1.29, 1.82) is 0 Å². The molecule has 0 heterocycles. The predicted molar refractivity (Wildman–Crippen MR) is 122 cm³/mol. The lowest BCUT2D eigenvalue weighted by Crippen LogP contribution is -2.25. The van der Waals surface area contributed by atoms with Crippen LogP contribution in [0, 0.1) is 0 Å². The highest BCUT2D eigenvalue weighted by Crippen LogP contribution is 1.90. The van der Waals surface area contributed by atoms with Crippen LogP contribution < -0.4 is 5.32 Å². The standard InChI is InChI=1S/C22H41NO12/c1-28-22(27)19-35-18-17-34-16-15-33-14-13-32-12-11-31-10-9-30-8-7-29-6-2-5-23-20(24)3-4-21(25)26/h2-19H2,1H3,(H,23,24)(H,25,26). The number of carboxylic acid groups (broad SMARTS) is 1. The second-order valence-electron chi connectivity index (χ2n) is 6.90. The summed E-state index contributed by atoms with van der Waals surface area (Å²) in [7, 11) is 1.31. The van der Waals surface area contributed by atoms with Crippen LogP contribution in [0.3, 0.4) is 0 Å². The van der Waals surface area contributed by atoms with Gasteiger partial charge in [-0.25, -0.2) is 4.79 Å². The Balaban J connectivity index is 3.10. The number of nitrogens with one attached hydrogen (secondary N) is 1. The van der Waals surface area contributed by atoms with Gasteiger partial charge in [0.05, 0.1) is 92.8 Å². The van der Waals surface area contributed by atoms with E-state index in [9.17, 15) is 14.4 Å². The van der Waals surface area contributed by atoms with E-state index in [0.717, 1.165) is 0 Å². The highest BCUT2D eigenvalue weighted by molar-refractivity contribution is 5.80. The summed E-state index contributed by atoms with van der Waals surface area (Å²) in [6.07, 6.45) is 0.474. The maximum absolute atomic E-state index is 11.3. The molecule has 0 bridgehead atoms. The smallest absolute Gasteiger partial charge is 0.331 e. The van der Waals surface area contributed by atoms with Crippen molar-refractivity contribution in [3.05, 3.63) is 0 Å². The summed E-state index contributed by atoms with van der Waals surface area (Å²) in [5.41, 5.74) is 0. The van der Waals surface area contributed by atoms with Crippen molar-refractivity contribution in [3.8, 4) is 0 Å². The van der Waals surface area contributed by atoms with Crippen LogP contribution >= 0.6 is 0 Å². The molecule has 2 N–H and O–H groups in total. The fraction of sp³-hybridized carbons (Fsp3) is 0.864. The fourth-order valence-electron chi connectivity index (χ4n) is 2.24. The van der Waals surface area contributed by atoms with E-state index in [2.05, 4.69) is 10.1 Å². The molecule has 13 heteroatoms. The summed E-state index contributed by atoms with van der Waals surface area (Å²) < 4.78 is 41.7. The van der Waals surface area contributed by atoms with Gasteiger partial charge in [0.15, 0.2) is 0 Å². The molecule has 0 aromatic carbocycles. The Morgan fingerprint density at radius 1 is 0.600 bits per heavy atom. The molecule has 206 valence electrons. The van der Waals surface area contributed by atoms with Crippen LogP contribution in [-0.2, 0) is 52.3 Å². The number of ether oxygens (including phenoxy) is 8. The molecule has 0 saturated carbocycles. The molecule has 0 rings (SSSR count). The summed E-state index contributed by atoms with van der Waals surface area (Å²) in [5.74, 6) is -1.67. The van der Waals surface area contributed by atoms with Crippen molar-refractivity contribution in [2.75, 3.05) is 106 Å². The van der Waals surface area contributed by atoms with E-state index in [-0.39, 0.29) is 25.4 Å². The van der Waals surface area contributed by atoms with E-state index < -0.39 is 11.9 Å². The zero-order valence-electron chi connectivity index (χ0n) is 20.7. The van der Waals surface area contributed by atoms with E-state index in [1.54, 1.807) is 0 Å². The fourth-order valence-corrected chi connectivity index (χ4v) is 2.24. The van der Waals surface area contributed by atoms with Crippen LogP contribution in [0.5, 0.6) is 0 Å². The average molecular weight is 512 g/mol. The number of methoxy groups -OCH3 is 1. The third-order valence-electron chi connectivity index (χ3n) is 4.03. The molecule has 0 saturated heterocycles. The molecule has 0 radical (unpaired) electrons. The topological polar surface area (TPSA) is 157 Å². The Kier molecular flexibility index (Phi) is 25.3.